The normalized spacial score (nSPS) is 14.9. The standard InChI is InChI=1S/C14H16N2S/c1-10-16-14(9-17-10)12-3-2-4-13(7-12)15-8-11-5-6-11/h2-4,7,9,11,15H,5-6,8H2,1H3. The summed E-state index contributed by atoms with van der Waals surface area (Å²) in [6.45, 7) is 3.16. The second-order valence-corrected chi connectivity index (χ2v) is 5.72. The van der Waals surface area contributed by atoms with Crippen LogP contribution in [0.3, 0.4) is 0 Å². The number of nitrogens with one attached hydrogen (secondary N) is 1. The molecular weight excluding hydrogens is 228 g/mol. The summed E-state index contributed by atoms with van der Waals surface area (Å²) in [6.07, 6.45) is 2.77. The third-order valence-corrected chi connectivity index (χ3v) is 3.84. The van der Waals surface area contributed by atoms with Crippen LogP contribution >= 0.6 is 11.3 Å². The van der Waals surface area contributed by atoms with Crippen LogP contribution in [0.1, 0.15) is 17.8 Å². The maximum Gasteiger partial charge on any atom is 0.0901 e. The Balaban J connectivity index is 1.77. The molecule has 3 heteroatoms. The van der Waals surface area contributed by atoms with Gasteiger partial charge in [-0.25, -0.2) is 4.98 Å². The molecule has 0 bridgehead atoms. The number of thiazole rings is 1. The van der Waals surface area contributed by atoms with Crippen LogP contribution in [0, 0.1) is 12.8 Å². The zero-order chi connectivity index (χ0) is 11.7. The minimum atomic E-state index is 0.903. The maximum absolute atomic E-state index is 4.52. The first kappa shape index (κ1) is 10.8. The van der Waals surface area contributed by atoms with E-state index in [4.69, 9.17) is 0 Å². The van der Waals surface area contributed by atoms with Crippen molar-refractivity contribution in [3.8, 4) is 11.3 Å². The fourth-order valence-electron chi connectivity index (χ4n) is 1.87. The Kier molecular flexibility index (Phi) is 2.85. The summed E-state index contributed by atoms with van der Waals surface area (Å²) in [7, 11) is 0. The molecule has 1 saturated carbocycles. The van der Waals surface area contributed by atoms with Crippen LogP contribution in [0.5, 0.6) is 0 Å². The fourth-order valence-corrected chi connectivity index (χ4v) is 2.49. The van der Waals surface area contributed by atoms with Gasteiger partial charge < -0.3 is 5.32 Å². The van der Waals surface area contributed by atoms with E-state index >= 15 is 0 Å². The summed E-state index contributed by atoms with van der Waals surface area (Å²) in [6, 6.07) is 8.54. The molecule has 1 N–H and O–H groups in total. The van der Waals surface area contributed by atoms with Gasteiger partial charge in [0.2, 0.25) is 0 Å². The lowest BCUT2D eigenvalue weighted by Gasteiger charge is -2.06. The molecule has 1 aromatic carbocycles. The van der Waals surface area contributed by atoms with Gasteiger partial charge in [0.25, 0.3) is 0 Å². The van der Waals surface area contributed by atoms with Crippen molar-refractivity contribution in [2.45, 2.75) is 19.8 Å². The van der Waals surface area contributed by atoms with E-state index in [1.165, 1.54) is 24.1 Å². The molecule has 1 fully saturated rings. The predicted molar refractivity (Wildman–Crippen MR) is 73.5 cm³/mol. The SMILES string of the molecule is Cc1nc(-c2cccc(NCC3CC3)c2)cs1. The van der Waals surface area contributed by atoms with Crippen molar-refractivity contribution in [3.05, 3.63) is 34.7 Å². The van der Waals surface area contributed by atoms with Gasteiger partial charge >= 0.3 is 0 Å². The van der Waals surface area contributed by atoms with Gasteiger partial charge in [-0.15, -0.1) is 11.3 Å². The summed E-state index contributed by atoms with van der Waals surface area (Å²) >= 11 is 1.70. The first-order valence-electron chi connectivity index (χ1n) is 6.08. The van der Waals surface area contributed by atoms with Crippen LogP contribution in [0.25, 0.3) is 11.3 Å². The number of aryl methyl sites for hydroxylation is 1. The number of hydrogen-bond acceptors (Lipinski definition) is 3. The quantitative estimate of drug-likeness (QED) is 0.881. The highest BCUT2D eigenvalue weighted by molar-refractivity contribution is 7.09. The summed E-state index contributed by atoms with van der Waals surface area (Å²) in [5.41, 5.74) is 3.50. The molecule has 0 radical (unpaired) electrons. The molecule has 0 unspecified atom stereocenters. The van der Waals surface area contributed by atoms with Crippen LogP contribution in [0.2, 0.25) is 0 Å². The molecule has 2 nitrogen and oxygen atoms in total. The van der Waals surface area contributed by atoms with Gasteiger partial charge in [-0.2, -0.15) is 0 Å². The summed E-state index contributed by atoms with van der Waals surface area (Å²) in [5, 5.41) is 6.74. The second kappa shape index (κ2) is 4.49. The topological polar surface area (TPSA) is 24.9 Å². The Morgan fingerprint density at radius 2 is 2.29 bits per heavy atom. The molecule has 3 rings (SSSR count). The number of anilines is 1. The molecule has 0 atom stereocenters. The molecule has 0 saturated heterocycles. The highest BCUT2D eigenvalue weighted by Crippen LogP contribution is 2.29. The third kappa shape index (κ3) is 2.67. The predicted octanol–water partition coefficient (Wildman–Crippen LogP) is 3.94. The average Bonchev–Trinajstić information content (AvgIpc) is 3.08. The average molecular weight is 244 g/mol. The molecule has 1 heterocycles. The summed E-state index contributed by atoms with van der Waals surface area (Å²) in [4.78, 5) is 4.52. The van der Waals surface area contributed by atoms with Crippen molar-refractivity contribution in [1.29, 1.82) is 0 Å². The molecule has 0 amide bonds. The Morgan fingerprint density at radius 1 is 1.41 bits per heavy atom. The lowest BCUT2D eigenvalue weighted by atomic mass is 10.1. The van der Waals surface area contributed by atoms with E-state index in [1.54, 1.807) is 11.3 Å². The van der Waals surface area contributed by atoms with Gasteiger partial charge in [0, 0.05) is 23.2 Å². The minimum Gasteiger partial charge on any atom is -0.385 e. The van der Waals surface area contributed by atoms with E-state index in [0.717, 1.165) is 23.2 Å². The van der Waals surface area contributed by atoms with Gasteiger partial charge in [0.05, 0.1) is 10.7 Å². The largest absolute Gasteiger partial charge is 0.385 e. The van der Waals surface area contributed by atoms with Crippen molar-refractivity contribution in [3.63, 3.8) is 0 Å². The van der Waals surface area contributed by atoms with Crippen molar-refractivity contribution < 1.29 is 0 Å². The molecule has 17 heavy (non-hydrogen) atoms. The Hall–Kier alpha value is -1.35. The van der Waals surface area contributed by atoms with E-state index in [1.807, 2.05) is 6.92 Å². The monoisotopic (exact) mass is 244 g/mol. The smallest absolute Gasteiger partial charge is 0.0901 e. The number of nitrogens with zero attached hydrogens (tertiary/aromatic N) is 1. The Labute approximate surface area is 106 Å². The van der Waals surface area contributed by atoms with Crippen molar-refractivity contribution >= 4 is 17.0 Å². The highest BCUT2D eigenvalue weighted by atomic mass is 32.1. The van der Waals surface area contributed by atoms with E-state index in [0.29, 0.717) is 0 Å². The van der Waals surface area contributed by atoms with Gasteiger partial charge in [-0.1, -0.05) is 12.1 Å². The molecule has 2 aromatic rings. The number of aromatic nitrogens is 1. The van der Waals surface area contributed by atoms with Gasteiger partial charge in [0.1, 0.15) is 0 Å². The van der Waals surface area contributed by atoms with Crippen LogP contribution in [-0.2, 0) is 0 Å². The number of hydrogen-bond donors (Lipinski definition) is 1. The Bertz CT molecular complexity index is 514. The summed E-state index contributed by atoms with van der Waals surface area (Å²) < 4.78 is 0. The van der Waals surface area contributed by atoms with Gasteiger partial charge in [-0.3, -0.25) is 0 Å². The van der Waals surface area contributed by atoms with Crippen LogP contribution in [-0.4, -0.2) is 11.5 Å². The van der Waals surface area contributed by atoms with Crippen molar-refractivity contribution in [1.82, 2.24) is 4.98 Å². The molecule has 0 spiro atoms. The second-order valence-electron chi connectivity index (χ2n) is 4.66. The molecule has 1 aliphatic rings. The lowest BCUT2D eigenvalue weighted by molar-refractivity contribution is 0.889. The molecule has 88 valence electrons. The fraction of sp³-hybridized carbons (Fsp3) is 0.357. The number of benzene rings is 1. The zero-order valence-electron chi connectivity index (χ0n) is 9.94. The van der Waals surface area contributed by atoms with E-state index in [2.05, 4.69) is 39.9 Å². The van der Waals surface area contributed by atoms with E-state index < -0.39 is 0 Å². The van der Waals surface area contributed by atoms with Crippen molar-refractivity contribution in [2.75, 3.05) is 11.9 Å². The minimum absolute atomic E-state index is 0.903. The highest BCUT2D eigenvalue weighted by Gasteiger charge is 2.20. The molecule has 0 aliphatic heterocycles. The first-order valence-corrected chi connectivity index (χ1v) is 6.96. The number of rotatable bonds is 4. The van der Waals surface area contributed by atoms with Crippen molar-refractivity contribution in [2.24, 2.45) is 5.92 Å². The first-order chi connectivity index (χ1) is 8.31. The van der Waals surface area contributed by atoms with Crippen LogP contribution < -0.4 is 5.32 Å². The Morgan fingerprint density at radius 3 is 3.00 bits per heavy atom. The molecular formula is C14H16N2S. The van der Waals surface area contributed by atoms with E-state index in [-0.39, 0.29) is 0 Å². The van der Waals surface area contributed by atoms with Crippen LogP contribution in [0.4, 0.5) is 5.69 Å². The maximum atomic E-state index is 4.52. The zero-order valence-corrected chi connectivity index (χ0v) is 10.8. The van der Waals surface area contributed by atoms with Gasteiger partial charge in [-0.05, 0) is 37.8 Å². The van der Waals surface area contributed by atoms with Gasteiger partial charge in [0.15, 0.2) is 0 Å². The van der Waals surface area contributed by atoms with E-state index in [9.17, 15) is 0 Å². The third-order valence-electron chi connectivity index (χ3n) is 3.07. The molecule has 1 aliphatic carbocycles. The molecule has 1 aromatic heterocycles. The van der Waals surface area contributed by atoms with Crippen LogP contribution in [0.15, 0.2) is 29.6 Å². The summed E-state index contributed by atoms with van der Waals surface area (Å²) in [5.74, 6) is 0.903. The lowest BCUT2D eigenvalue weighted by Crippen LogP contribution is -2.02.